The molecule has 0 fully saturated rings. The van der Waals surface area contributed by atoms with Crippen LogP contribution in [0.4, 0.5) is 0 Å². The first-order chi connectivity index (χ1) is 11.1. The van der Waals surface area contributed by atoms with E-state index in [1.54, 1.807) is 12.2 Å². The predicted octanol–water partition coefficient (Wildman–Crippen LogP) is 5.55. The second-order valence-corrected chi connectivity index (χ2v) is 6.14. The van der Waals surface area contributed by atoms with Gasteiger partial charge in [-0.3, -0.25) is 4.79 Å². The minimum atomic E-state index is -0.00294. The highest BCUT2D eigenvalue weighted by Gasteiger charge is 2.20. The van der Waals surface area contributed by atoms with Gasteiger partial charge in [-0.25, -0.2) is 0 Å². The Balaban J connectivity index is 2.08. The SMILES string of the molecule is CC(=O)/C=C/c1c(-c2ccc(Cl)cc2)noc1C1=CCCCC1. The van der Waals surface area contributed by atoms with Crippen molar-refractivity contribution < 1.29 is 9.32 Å². The molecule has 0 saturated carbocycles. The molecular formula is C19H18ClNO2. The average molecular weight is 328 g/mol. The maximum Gasteiger partial charge on any atom is 0.170 e. The molecule has 0 aliphatic heterocycles. The van der Waals surface area contributed by atoms with E-state index in [0.29, 0.717) is 5.02 Å². The molecule has 2 aromatic rings. The van der Waals surface area contributed by atoms with Gasteiger partial charge >= 0.3 is 0 Å². The number of aromatic nitrogens is 1. The third-order valence-electron chi connectivity index (χ3n) is 3.91. The van der Waals surface area contributed by atoms with Gasteiger partial charge in [-0.15, -0.1) is 0 Å². The van der Waals surface area contributed by atoms with Crippen LogP contribution < -0.4 is 0 Å². The topological polar surface area (TPSA) is 43.1 Å². The molecule has 0 amide bonds. The first kappa shape index (κ1) is 15.8. The standard InChI is InChI=1S/C19H18ClNO2/c1-13(22)7-12-17-18(14-8-10-16(20)11-9-14)21-23-19(17)15-5-3-2-4-6-15/h5,7-12H,2-4,6H2,1H3/b12-7+. The molecule has 0 spiro atoms. The fraction of sp³-hybridized carbons (Fsp3) is 0.263. The molecule has 3 rings (SSSR count). The van der Waals surface area contributed by atoms with Gasteiger partial charge in [-0.1, -0.05) is 35.0 Å². The predicted molar refractivity (Wildman–Crippen MR) is 93.1 cm³/mol. The van der Waals surface area contributed by atoms with Gasteiger partial charge in [0.1, 0.15) is 5.69 Å². The Morgan fingerprint density at radius 1 is 1.26 bits per heavy atom. The van der Waals surface area contributed by atoms with Crippen LogP contribution in [-0.2, 0) is 4.79 Å². The molecule has 1 aliphatic rings. The number of halogens is 1. The van der Waals surface area contributed by atoms with Crippen LogP contribution in [0.1, 0.15) is 43.9 Å². The van der Waals surface area contributed by atoms with E-state index >= 15 is 0 Å². The largest absolute Gasteiger partial charge is 0.355 e. The number of benzene rings is 1. The summed E-state index contributed by atoms with van der Waals surface area (Å²) in [6.07, 6.45) is 9.96. The highest BCUT2D eigenvalue weighted by Crippen LogP contribution is 2.35. The van der Waals surface area contributed by atoms with Gasteiger partial charge in [-0.2, -0.15) is 0 Å². The minimum absolute atomic E-state index is 0.00294. The van der Waals surface area contributed by atoms with Gasteiger partial charge in [0.05, 0.1) is 5.56 Å². The first-order valence-corrected chi connectivity index (χ1v) is 8.16. The molecule has 0 radical (unpaired) electrons. The summed E-state index contributed by atoms with van der Waals surface area (Å²) in [6, 6.07) is 7.46. The molecule has 1 heterocycles. The number of hydrogen-bond donors (Lipinski definition) is 0. The monoisotopic (exact) mass is 327 g/mol. The Morgan fingerprint density at radius 3 is 2.70 bits per heavy atom. The van der Waals surface area contributed by atoms with Crippen LogP contribution >= 0.6 is 11.6 Å². The highest BCUT2D eigenvalue weighted by atomic mass is 35.5. The summed E-state index contributed by atoms with van der Waals surface area (Å²) in [5.74, 6) is 0.768. The summed E-state index contributed by atoms with van der Waals surface area (Å²) in [4.78, 5) is 11.3. The fourth-order valence-corrected chi connectivity index (χ4v) is 2.87. The number of hydrogen-bond acceptors (Lipinski definition) is 3. The van der Waals surface area contributed by atoms with E-state index in [4.69, 9.17) is 16.1 Å². The third-order valence-corrected chi connectivity index (χ3v) is 4.16. The lowest BCUT2D eigenvalue weighted by Crippen LogP contribution is -1.93. The molecule has 3 nitrogen and oxygen atoms in total. The van der Waals surface area contributed by atoms with Crippen molar-refractivity contribution in [2.24, 2.45) is 0 Å². The first-order valence-electron chi connectivity index (χ1n) is 7.79. The smallest absolute Gasteiger partial charge is 0.170 e. The average Bonchev–Trinajstić information content (AvgIpc) is 2.98. The van der Waals surface area contributed by atoms with Crippen LogP contribution in [0, 0.1) is 0 Å². The number of rotatable bonds is 4. The number of allylic oxidation sites excluding steroid dienone is 3. The quantitative estimate of drug-likeness (QED) is 0.691. The Kier molecular flexibility index (Phi) is 4.77. The molecule has 0 saturated heterocycles. The van der Waals surface area contributed by atoms with E-state index in [9.17, 15) is 4.79 Å². The van der Waals surface area contributed by atoms with Crippen LogP contribution in [0.15, 0.2) is 40.9 Å². The second-order valence-electron chi connectivity index (χ2n) is 5.70. The zero-order valence-electron chi connectivity index (χ0n) is 13.0. The van der Waals surface area contributed by atoms with Crippen molar-refractivity contribution in [1.29, 1.82) is 0 Å². The molecule has 4 heteroatoms. The minimum Gasteiger partial charge on any atom is -0.355 e. The summed E-state index contributed by atoms with van der Waals surface area (Å²) in [5, 5.41) is 4.92. The van der Waals surface area contributed by atoms with Crippen molar-refractivity contribution in [3.05, 3.63) is 52.8 Å². The molecule has 118 valence electrons. The normalized spacial score (nSPS) is 15.0. The van der Waals surface area contributed by atoms with E-state index in [-0.39, 0.29) is 5.78 Å². The Morgan fingerprint density at radius 2 is 2.04 bits per heavy atom. The van der Waals surface area contributed by atoms with Crippen LogP contribution in [0.2, 0.25) is 5.02 Å². The summed E-state index contributed by atoms with van der Waals surface area (Å²) in [5.41, 5.74) is 3.69. The van der Waals surface area contributed by atoms with E-state index in [2.05, 4.69) is 11.2 Å². The van der Waals surface area contributed by atoms with Crippen molar-refractivity contribution in [3.63, 3.8) is 0 Å². The maximum absolute atomic E-state index is 11.3. The molecular weight excluding hydrogens is 310 g/mol. The Hall–Kier alpha value is -2.13. The summed E-state index contributed by atoms with van der Waals surface area (Å²) >= 11 is 5.96. The van der Waals surface area contributed by atoms with Gasteiger partial charge in [0.15, 0.2) is 11.5 Å². The number of nitrogens with zero attached hydrogens (tertiary/aromatic N) is 1. The molecule has 0 unspecified atom stereocenters. The van der Waals surface area contributed by atoms with E-state index in [1.807, 2.05) is 24.3 Å². The lowest BCUT2D eigenvalue weighted by molar-refractivity contribution is -0.112. The van der Waals surface area contributed by atoms with Gasteiger partial charge in [0.2, 0.25) is 0 Å². The lowest BCUT2D eigenvalue weighted by Gasteiger charge is -2.10. The molecule has 1 aliphatic carbocycles. The van der Waals surface area contributed by atoms with Crippen molar-refractivity contribution in [3.8, 4) is 11.3 Å². The van der Waals surface area contributed by atoms with Crippen LogP contribution in [-0.4, -0.2) is 10.9 Å². The second kappa shape index (κ2) is 6.97. The van der Waals surface area contributed by atoms with Crippen molar-refractivity contribution >= 4 is 29.0 Å². The molecule has 1 aromatic heterocycles. The van der Waals surface area contributed by atoms with Gasteiger partial charge in [0, 0.05) is 10.6 Å². The Bertz CT molecular complexity index is 769. The zero-order valence-corrected chi connectivity index (χ0v) is 13.8. The van der Waals surface area contributed by atoms with E-state index in [0.717, 1.165) is 41.8 Å². The van der Waals surface area contributed by atoms with Crippen LogP contribution in [0.25, 0.3) is 22.9 Å². The number of carbonyl (C=O) groups excluding carboxylic acids is 1. The third kappa shape index (κ3) is 3.62. The van der Waals surface area contributed by atoms with E-state index in [1.165, 1.54) is 18.9 Å². The summed E-state index contributed by atoms with van der Waals surface area (Å²) in [7, 11) is 0. The van der Waals surface area contributed by atoms with E-state index < -0.39 is 0 Å². The molecule has 0 N–H and O–H groups in total. The highest BCUT2D eigenvalue weighted by molar-refractivity contribution is 6.30. The van der Waals surface area contributed by atoms with Crippen molar-refractivity contribution in [1.82, 2.24) is 5.16 Å². The van der Waals surface area contributed by atoms with Crippen LogP contribution in [0.5, 0.6) is 0 Å². The van der Waals surface area contributed by atoms with Gasteiger partial charge < -0.3 is 4.52 Å². The lowest BCUT2D eigenvalue weighted by atomic mass is 9.94. The maximum atomic E-state index is 11.3. The zero-order chi connectivity index (χ0) is 16.2. The fourth-order valence-electron chi connectivity index (χ4n) is 2.74. The van der Waals surface area contributed by atoms with Gasteiger partial charge in [0.25, 0.3) is 0 Å². The summed E-state index contributed by atoms with van der Waals surface area (Å²) < 4.78 is 5.64. The Labute approximate surface area is 140 Å². The van der Waals surface area contributed by atoms with Crippen molar-refractivity contribution in [2.45, 2.75) is 32.6 Å². The number of ketones is 1. The molecule has 0 bridgehead atoms. The molecule has 0 atom stereocenters. The number of carbonyl (C=O) groups is 1. The van der Waals surface area contributed by atoms with Gasteiger partial charge in [-0.05, 0) is 62.5 Å². The molecule has 1 aromatic carbocycles. The van der Waals surface area contributed by atoms with Crippen LogP contribution in [0.3, 0.4) is 0 Å². The molecule has 23 heavy (non-hydrogen) atoms. The van der Waals surface area contributed by atoms with Crippen molar-refractivity contribution in [2.75, 3.05) is 0 Å². The summed E-state index contributed by atoms with van der Waals surface area (Å²) in [6.45, 7) is 1.53.